The van der Waals surface area contributed by atoms with Gasteiger partial charge in [-0.3, -0.25) is 4.74 Å². The van der Waals surface area contributed by atoms with Crippen LogP contribution < -0.4 is 0 Å². The summed E-state index contributed by atoms with van der Waals surface area (Å²) in [6.45, 7) is 0. The summed E-state index contributed by atoms with van der Waals surface area (Å²) < 4.78 is 110. The van der Waals surface area contributed by atoms with Crippen molar-refractivity contribution in [2.24, 2.45) is 0 Å². The predicted molar refractivity (Wildman–Crippen MR) is 25.8 cm³/mol. The molecule has 90 valence electrons. The van der Waals surface area contributed by atoms with Crippen molar-refractivity contribution in [3.05, 3.63) is 0 Å². The molecule has 0 bridgehead atoms. The lowest BCUT2D eigenvalue weighted by molar-refractivity contribution is -0.393. The third-order valence-electron chi connectivity index (χ3n) is 1.70. The molecule has 1 heterocycles. The van der Waals surface area contributed by atoms with Gasteiger partial charge in [0.1, 0.15) is 0 Å². The van der Waals surface area contributed by atoms with E-state index >= 15 is 0 Å². The lowest BCUT2D eigenvalue weighted by atomic mass is 10.1. The van der Waals surface area contributed by atoms with Crippen LogP contribution in [-0.4, -0.2) is 30.2 Å². The van der Waals surface area contributed by atoms with Crippen LogP contribution in [-0.2, 0) is 4.74 Å². The average molecular weight is 248 g/mol. The third kappa shape index (κ3) is 1.37. The maximum absolute atomic E-state index is 12.5. The van der Waals surface area contributed by atoms with Crippen molar-refractivity contribution < 1.29 is 44.3 Å². The van der Waals surface area contributed by atoms with Gasteiger partial charge in [-0.2, -0.15) is 35.1 Å². The normalized spacial score (nSPS) is 39.4. The first-order valence-electron chi connectivity index (χ1n) is 3.22. The first kappa shape index (κ1) is 12.4. The number of halogens is 9. The van der Waals surface area contributed by atoms with Crippen molar-refractivity contribution in [2.45, 2.75) is 30.2 Å². The van der Waals surface area contributed by atoms with Crippen molar-refractivity contribution in [1.29, 1.82) is 0 Å². The third-order valence-corrected chi connectivity index (χ3v) is 1.70. The van der Waals surface area contributed by atoms with Crippen LogP contribution in [0.1, 0.15) is 0 Å². The van der Waals surface area contributed by atoms with Crippen LogP contribution in [0.3, 0.4) is 0 Å². The maximum Gasteiger partial charge on any atom is 0.451 e. The van der Waals surface area contributed by atoms with Crippen molar-refractivity contribution in [3.63, 3.8) is 0 Å². The molecule has 1 nitrogen and oxygen atoms in total. The van der Waals surface area contributed by atoms with E-state index in [1.807, 2.05) is 0 Å². The Bertz CT molecular complexity index is 270. The molecule has 10 heteroatoms. The standard InChI is InChI=1S/C5HF9O/c6-1-2(7,8)5(13,14)15-3(1,9)4(10,11)12/h1H/t1-,3+/m1/s1. The highest BCUT2D eigenvalue weighted by molar-refractivity contribution is 5.05. The summed E-state index contributed by atoms with van der Waals surface area (Å²) in [5, 5.41) is 0. The zero-order valence-corrected chi connectivity index (χ0v) is 6.39. The molecule has 0 aromatic carbocycles. The van der Waals surface area contributed by atoms with Crippen molar-refractivity contribution in [1.82, 2.24) is 0 Å². The molecule has 1 fully saturated rings. The van der Waals surface area contributed by atoms with E-state index in [1.165, 1.54) is 0 Å². The molecule has 0 radical (unpaired) electrons. The van der Waals surface area contributed by atoms with Crippen molar-refractivity contribution in [2.75, 3.05) is 0 Å². The number of hydrogen-bond acceptors (Lipinski definition) is 1. The van der Waals surface area contributed by atoms with E-state index in [9.17, 15) is 39.5 Å². The van der Waals surface area contributed by atoms with Gasteiger partial charge in [-0.1, -0.05) is 0 Å². The lowest BCUT2D eigenvalue weighted by Gasteiger charge is -2.23. The zero-order valence-electron chi connectivity index (χ0n) is 6.39. The molecule has 1 saturated heterocycles. The van der Waals surface area contributed by atoms with Crippen LogP contribution in [0.5, 0.6) is 0 Å². The predicted octanol–water partition coefficient (Wildman–Crippen LogP) is 2.81. The highest BCUT2D eigenvalue weighted by Crippen LogP contribution is 2.58. The van der Waals surface area contributed by atoms with Crippen molar-refractivity contribution in [3.8, 4) is 0 Å². The van der Waals surface area contributed by atoms with Crippen LogP contribution in [0, 0.1) is 0 Å². The fourth-order valence-electron chi connectivity index (χ4n) is 0.889. The largest absolute Gasteiger partial charge is 0.451 e. The van der Waals surface area contributed by atoms with Crippen LogP contribution in [0.4, 0.5) is 39.5 Å². The van der Waals surface area contributed by atoms with E-state index in [0.29, 0.717) is 0 Å². The molecule has 0 aliphatic carbocycles. The number of rotatable bonds is 0. The minimum atomic E-state index is -6.32. The van der Waals surface area contributed by atoms with Crippen LogP contribution in [0.2, 0.25) is 0 Å². The molecular weight excluding hydrogens is 247 g/mol. The Kier molecular flexibility index (Phi) is 2.24. The van der Waals surface area contributed by atoms with Gasteiger partial charge in [0.05, 0.1) is 0 Å². The Morgan fingerprint density at radius 3 is 1.47 bits per heavy atom. The summed E-state index contributed by atoms with van der Waals surface area (Å²) in [4.78, 5) is 0. The van der Waals surface area contributed by atoms with Gasteiger partial charge in [0.15, 0.2) is 0 Å². The van der Waals surface area contributed by atoms with E-state index in [0.717, 1.165) is 0 Å². The topological polar surface area (TPSA) is 9.23 Å². The van der Waals surface area contributed by atoms with Crippen LogP contribution in [0.15, 0.2) is 0 Å². The quantitative estimate of drug-likeness (QED) is 0.599. The number of ether oxygens (including phenoxy) is 1. The molecule has 2 atom stereocenters. The molecule has 1 rings (SSSR count). The monoisotopic (exact) mass is 248 g/mol. The van der Waals surface area contributed by atoms with Gasteiger partial charge < -0.3 is 0 Å². The van der Waals surface area contributed by atoms with E-state index < -0.39 is 30.2 Å². The molecule has 0 unspecified atom stereocenters. The summed E-state index contributed by atoms with van der Waals surface area (Å²) in [5.41, 5.74) is 0. The number of alkyl halides is 9. The minimum absolute atomic E-state index is 2.18. The van der Waals surface area contributed by atoms with Gasteiger partial charge in [-0.15, -0.1) is 0 Å². The fourth-order valence-corrected chi connectivity index (χ4v) is 0.889. The van der Waals surface area contributed by atoms with Crippen LogP contribution in [0.25, 0.3) is 0 Å². The number of hydrogen-bond donors (Lipinski definition) is 0. The summed E-state index contributed by atoms with van der Waals surface area (Å²) in [6, 6.07) is 0. The Balaban J connectivity index is 3.21. The highest BCUT2D eigenvalue weighted by atomic mass is 19.4. The van der Waals surface area contributed by atoms with E-state index in [4.69, 9.17) is 0 Å². The summed E-state index contributed by atoms with van der Waals surface area (Å²) >= 11 is 0. The Morgan fingerprint density at radius 2 is 1.33 bits per heavy atom. The van der Waals surface area contributed by atoms with Gasteiger partial charge in [0, 0.05) is 0 Å². The first-order valence-corrected chi connectivity index (χ1v) is 3.22. The van der Waals surface area contributed by atoms with E-state index in [2.05, 4.69) is 4.74 Å². The van der Waals surface area contributed by atoms with E-state index in [1.54, 1.807) is 0 Å². The maximum atomic E-state index is 12.5. The van der Waals surface area contributed by atoms with Gasteiger partial charge in [0.25, 0.3) is 0 Å². The second-order valence-electron chi connectivity index (χ2n) is 2.75. The molecule has 1 aliphatic heterocycles. The Hall–Kier alpha value is -0.670. The smallest absolute Gasteiger partial charge is 0.267 e. The minimum Gasteiger partial charge on any atom is -0.267 e. The molecule has 0 aromatic rings. The lowest BCUT2D eigenvalue weighted by Crippen LogP contribution is -2.50. The molecule has 0 N–H and O–H groups in total. The van der Waals surface area contributed by atoms with Crippen molar-refractivity contribution >= 4 is 0 Å². The molecule has 0 saturated carbocycles. The molecule has 0 aromatic heterocycles. The molecular formula is C5HF9O. The molecule has 1 aliphatic rings. The second-order valence-corrected chi connectivity index (χ2v) is 2.75. The zero-order chi connectivity index (χ0) is 12.3. The summed E-state index contributed by atoms with van der Waals surface area (Å²) in [6.07, 6.45) is -17.0. The van der Waals surface area contributed by atoms with Gasteiger partial charge >= 0.3 is 24.1 Å². The Morgan fingerprint density at radius 1 is 0.933 bits per heavy atom. The van der Waals surface area contributed by atoms with Gasteiger partial charge in [-0.25, -0.2) is 4.39 Å². The van der Waals surface area contributed by atoms with Gasteiger partial charge in [-0.05, 0) is 0 Å². The fraction of sp³-hybridized carbons (Fsp3) is 1.00. The van der Waals surface area contributed by atoms with E-state index in [-0.39, 0.29) is 0 Å². The van der Waals surface area contributed by atoms with Gasteiger partial charge in [0.2, 0.25) is 6.17 Å². The van der Waals surface area contributed by atoms with Crippen LogP contribution >= 0.6 is 0 Å². The summed E-state index contributed by atoms with van der Waals surface area (Å²) in [5.74, 6) is -11.6. The SMILES string of the molecule is F[C@@H]1C(F)(F)C(F)(F)O[C@]1(F)C(F)(F)F. The highest BCUT2D eigenvalue weighted by Gasteiger charge is 2.86. The molecule has 0 spiro atoms. The first-order chi connectivity index (χ1) is 6.36. The average Bonchev–Trinajstić information content (AvgIpc) is 2.09. The summed E-state index contributed by atoms with van der Waals surface area (Å²) in [7, 11) is 0. The Labute approximate surface area is 75.8 Å². The molecule has 0 amide bonds. The molecule has 15 heavy (non-hydrogen) atoms. The second kappa shape index (κ2) is 2.71.